The van der Waals surface area contributed by atoms with E-state index in [4.69, 9.17) is 9.47 Å². The molecule has 0 saturated carbocycles. The number of hydrogen-bond acceptors (Lipinski definition) is 4. The van der Waals surface area contributed by atoms with Crippen molar-refractivity contribution in [3.8, 4) is 17.2 Å². The number of rotatable bonds is 5. The summed E-state index contributed by atoms with van der Waals surface area (Å²) >= 11 is 0. The van der Waals surface area contributed by atoms with E-state index in [1.807, 2.05) is 12.1 Å². The highest BCUT2D eigenvalue weighted by Gasteiger charge is 2.13. The van der Waals surface area contributed by atoms with E-state index in [0.29, 0.717) is 17.5 Å². The lowest BCUT2D eigenvalue weighted by atomic mass is 10.1. The van der Waals surface area contributed by atoms with Gasteiger partial charge in [0.1, 0.15) is 0 Å². The number of hydrogen-bond donors (Lipinski definition) is 1. The molecule has 0 aromatic heterocycles. The van der Waals surface area contributed by atoms with Gasteiger partial charge in [-0.25, -0.2) is 0 Å². The number of methoxy groups -OCH3 is 2. The molecule has 0 heterocycles. The highest BCUT2D eigenvalue weighted by molar-refractivity contribution is 5.52. The zero-order valence-electron chi connectivity index (χ0n) is 11.2. The SMILES string of the molecule is COc1cc(CN(C)C(C)C)cc(OC)c1O. The number of benzene rings is 1. The van der Waals surface area contributed by atoms with Crippen molar-refractivity contribution in [1.82, 2.24) is 4.90 Å². The zero-order valence-corrected chi connectivity index (χ0v) is 11.2. The van der Waals surface area contributed by atoms with Crippen LogP contribution < -0.4 is 9.47 Å². The minimum Gasteiger partial charge on any atom is -0.502 e. The summed E-state index contributed by atoms with van der Waals surface area (Å²) < 4.78 is 10.2. The highest BCUT2D eigenvalue weighted by atomic mass is 16.5. The van der Waals surface area contributed by atoms with Crippen molar-refractivity contribution in [2.24, 2.45) is 0 Å². The molecule has 0 aliphatic carbocycles. The minimum atomic E-state index is 0.0472. The molecule has 4 heteroatoms. The Balaban J connectivity index is 3.01. The fraction of sp³-hybridized carbons (Fsp3) is 0.538. The molecule has 0 aliphatic heterocycles. The largest absolute Gasteiger partial charge is 0.502 e. The Morgan fingerprint density at radius 1 is 1.18 bits per heavy atom. The van der Waals surface area contributed by atoms with Crippen molar-refractivity contribution in [2.45, 2.75) is 26.4 Å². The van der Waals surface area contributed by atoms with Gasteiger partial charge < -0.3 is 14.6 Å². The molecule has 17 heavy (non-hydrogen) atoms. The maximum atomic E-state index is 9.79. The van der Waals surface area contributed by atoms with Gasteiger partial charge in [0.05, 0.1) is 14.2 Å². The summed E-state index contributed by atoms with van der Waals surface area (Å²) in [5.74, 6) is 0.930. The van der Waals surface area contributed by atoms with Crippen molar-refractivity contribution >= 4 is 0 Å². The van der Waals surface area contributed by atoms with E-state index in [2.05, 4.69) is 25.8 Å². The summed E-state index contributed by atoms with van der Waals surface area (Å²) in [6, 6.07) is 4.12. The van der Waals surface area contributed by atoms with E-state index in [1.54, 1.807) is 0 Å². The third kappa shape index (κ3) is 3.27. The first-order valence-electron chi connectivity index (χ1n) is 5.63. The zero-order chi connectivity index (χ0) is 13.0. The Morgan fingerprint density at radius 3 is 2.00 bits per heavy atom. The maximum absolute atomic E-state index is 9.79. The van der Waals surface area contributed by atoms with Crippen molar-refractivity contribution < 1.29 is 14.6 Å². The minimum absolute atomic E-state index is 0.0472. The smallest absolute Gasteiger partial charge is 0.200 e. The lowest BCUT2D eigenvalue weighted by Crippen LogP contribution is -2.25. The van der Waals surface area contributed by atoms with E-state index in [9.17, 15) is 5.11 Å². The van der Waals surface area contributed by atoms with Crippen LogP contribution in [0.3, 0.4) is 0 Å². The molecule has 96 valence electrons. The lowest BCUT2D eigenvalue weighted by molar-refractivity contribution is 0.264. The van der Waals surface area contributed by atoms with Gasteiger partial charge in [0.25, 0.3) is 0 Å². The Bertz CT molecular complexity index is 352. The molecule has 1 aromatic rings. The standard InChI is InChI=1S/C13H21NO3/c1-9(2)14(3)8-10-6-11(16-4)13(15)12(7-10)17-5/h6-7,9,15H,8H2,1-5H3. The Labute approximate surface area is 103 Å². The second-order valence-corrected chi connectivity index (χ2v) is 4.36. The average molecular weight is 239 g/mol. The lowest BCUT2D eigenvalue weighted by Gasteiger charge is -2.21. The molecule has 1 N–H and O–H groups in total. The average Bonchev–Trinajstić information content (AvgIpc) is 2.30. The van der Waals surface area contributed by atoms with Gasteiger partial charge >= 0.3 is 0 Å². The van der Waals surface area contributed by atoms with Gasteiger partial charge in [0.2, 0.25) is 5.75 Å². The first-order valence-corrected chi connectivity index (χ1v) is 5.63. The van der Waals surface area contributed by atoms with Crippen LogP contribution in [0.1, 0.15) is 19.4 Å². The van der Waals surface area contributed by atoms with Gasteiger partial charge in [-0.05, 0) is 38.6 Å². The van der Waals surface area contributed by atoms with E-state index in [0.717, 1.165) is 12.1 Å². The van der Waals surface area contributed by atoms with Gasteiger partial charge in [-0.3, -0.25) is 4.90 Å². The van der Waals surface area contributed by atoms with Crippen molar-refractivity contribution in [2.75, 3.05) is 21.3 Å². The molecule has 0 amide bonds. The van der Waals surface area contributed by atoms with Gasteiger partial charge in [0.15, 0.2) is 11.5 Å². The number of nitrogens with zero attached hydrogens (tertiary/aromatic N) is 1. The van der Waals surface area contributed by atoms with Crippen LogP contribution in [0.2, 0.25) is 0 Å². The van der Waals surface area contributed by atoms with Crippen LogP contribution in [-0.4, -0.2) is 37.3 Å². The monoisotopic (exact) mass is 239 g/mol. The predicted molar refractivity (Wildman–Crippen MR) is 67.8 cm³/mol. The van der Waals surface area contributed by atoms with Gasteiger partial charge in [0, 0.05) is 12.6 Å². The molecule has 0 radical (unpaired) electrons. The van der Waals surface area contributed by atoms with Gasteiger partial charge in [-0.2, -0.15) is 0 Å². The first-order chi connectivity index (χ1) is 7.99. The molecule has 0 bridgehead atoms. The fourth-order valence-electron chi connectivity index (χ4n) is 1.51. The summed E-state index contributed by atoms with van der Waals surface area (Å²) in [7, 11) is 5.12. The molecule has 0 atom stereocenters. The van der Waals surface area contributed by atoms with E-state index in [1.165, 1.54) is 14.2 Å². The topological polar surface area (TPSA) is 41.9 Å². The molecular formula is C13H21NO3. The maximum Gasteiger partial charge on any atom is 0.200 e. The third-order valence-corrected chi connectivity index (χ3v) is 2.85. The fourth-order valence-corrected chi connectivity index (χ4v) is 1.51. The normalized spacial score (nSPS) is 11.0. The van der Waals surface area contributed by atoms with Gasteiger partial charge in [-0.1, -0.05) is 0 Å². The van der Waals surface area contributed by atoms with Gasteiger partial charge in [-0.15, -0.1) is 0 Å². The summed E-state index contributed by atoms with van der Waals surface area (Å²) in [6.45, 7) is 5.05. The molecule has 4 nitrogen and oxygen atoms in total. The van der Waals surface area contributed by atoms with Crippen LogP contribution in [0.25, 0.3) is 0 Å². The second-order valence-electron chi connectivity index (χ2n) is 4.36. The molecule has 1 rings (SSSR count). The Hall–Kier alpha value is -1.42. The van der Waals surface area contributed by atoms with Crippen LogP contribution in [0, 0.1) is 0 Å². The van der Waals surface area contributed by atoms with Crippen LogP contribution in [0.5, 0.6) is 17.2 Å². The first kappa shape index (κ1) is 13.6. The molecular weight excluding hydrogens is 218 g/mol. The second kappa shape index (κ2) is 5.77. The van der Waals surface area contributed by atoms with E-state index < -0.39 is 0 Å². The third-order valence-electron chi connectivity index (χ3n) is 2.85. The molecule has 0 unspecified atom stereocenters. The summed E-state index contributed by atoms with van der Waals surface area (Å²) in [5, 5.41) is 9.79. The summed E-state index contributed by atoms with van der Waals surface area (Å²) in [4.78, 5) is 2.20. The van der Waals surface area contributed by atoms with Crippen LogP contribution in [-0.2, 0) is 6.54 Å². The number of phenolic OH excluding ortho intramolecular Hbond substituents is 1. The van der Waals surface area contributed by atoms with Crippen LogP contribution in [0.15, 0.2) is 12.1 Å². The number of phenols is 1. The van der Waals surface area contributed by atoms with E-state index in [-0.39, 0.29) is 5.75 Å². The number of aromatic hydroxyl groups is 1. The summed E-state index contributed by atoms with van der Waals surface area (Å²) in [6.07, 6.45) is 0. The van der Waals surface area contributed by atoms with E-state index >= 15 is 0 Å². The Kier molecular flexibility index (Phi) is 4.63. The van der Waals surface area contributed by atoms with Crippen molar-refractivity contribution in [1.29, 1.82) is 0 Å². The van der Waals surface area contributed by atoms with Crippen LogP contribution >= 0.6 is 0 Å². The molecule has 0 saturated heterocycles. The predicted octanol–water partition coefficient (Wildman–Crippen LogP) is 2.25. The summed E-state index contributed by atoms with van der Waals surface area (Å²) in [5.41, 5.74) is 1.05. The highest BCUT2D eigenvalue weighted by Crippen LogP contribution is 2.37. The molecule has 0 fully saturated rings. The molecule has 0 spiro atoms. The number of ether oxygens (including phenoxy) is 2. The molecule has 1 aromatic carbocycles. The van der Waals surface area contributed by atoms with Crippen LogP contribution in [0.4, 0.5) is 0 Å². The van der Waals surface area contributed by atoms with Crippen molar-refractivity contribution in [3.63, 3.8) is 0 Å². The Morgan fingerprint density at radius 2 is 1.65 bits per heavy atom. The molecule has 0 aliphatic rings. The van der Waals surface area contributed by atoms with Crippen molar-refractivity contribution in [3.05, 3.63) is 17.7 Å². The quantitative estimate of drug-likeness (QED) is 0.855.